The summed E-state index contributed by atoms with van der Waals surface area (Å²) in [6.45, 7) is 2.03. The summed E-state index contributed by atoms with van der Waals surface area (Å²) in [5.74, 6) is -0.0364. The van der Waals surface area contributed by atoms with Gasteiger partial charge in [-0.05, 0) is 34.5 Å². The summed E-state index contributed by atoms with van der Waals surface area (Å²) in [5, 5.41) is 6.64. The third-order valence-electron chi connectivity index (χ3n) is 2.33. The minimum absolute atomic E-state index is 0.0740. The predicted molar refractivity (Wildman–Crippen MR) is 71.9 cm³/mol. The third kappa shape index (κ3) is 2.86. The van der Waals surface area contributed by atoms with E-state index in [1.54, 1.807) is 0 Å². The van der Waals surface area contributed by atoms with Crippen LogP contribution >= 0.6 is 15.9 Å². The number of anilines is 2. The maximum atomic E-state index is 11.8. The van der Waals surface area contributed by atoms with Crippen LogP contribution in [0.1, 0.15) is 5.56 Å². The molecule has 0 saturated carbocycles. The molecule has 0 aliphatic carbocycles. The first-order chi connectivity index (χ1) is 8.56. The van der Waals surface area contributed by atoms with Crippen molar-refractivity contribution in [2.45, 2.75) is 13.5 Å². The molecule has 0 atom stereocenters. The first-order valence-electron chi connectivity index (χ1n) is 5.26. The number of hydrogen-bond donors (Lipinski definition) is 2. The van der Waals surface area contributed by atoms with Gasteiger partial charge in [-0.3, -0.25) is 4.79 Å². The van der Waals surface area contributed by atoms with Crippen molar-refractivity contribution in [3.63, 3.8) is 0 Å². The van der Waals surface area contributed by atoms with E-state index in [9.17, 15) is 4.79 Å². The summed E-state index contributed by atoms with van der Waals surface area (Å²) in [6, 6.07) is 5.66. The highest BCUT2D eigenvalue weighted by atomic mass is 79.9. The van der Waals surface area contributed by atoms with Crippen molar-refractivity contribution in [2.24, 2.45) is 0 Å². The molecular weight excluding hydrogens is 298 g/mol. The molecule has 1 aromatic carbocycles. The number of nitrogens with zero attached hydrogens (tertiary/aromatic N) is 3. The molecule has 1 amide bonds. The Morgan fingerprint density at radius 3 is 3.00 bits per heavy atom. The van der Waals surface area contributed by atoms with Crippen molar-refractivity contribution < 1.29 is 4.79 Å². The molecule has 1 aromatic heterocycles. The molecule has 0 radical (unpaired) electrons. The second kappa shape index (κ2) is 5.18. The highest BCUT2D eigenvalue weighted by Gasteiger charge is 2.08. The predicted octanol–water partition coefficient (Wildman–Crippen LogP) is 1.57. The molecule has 0 saturated heterocycles. The van der Waals surface area contributed by atoms with Gasteiger partial charge in [0, 0.05) is 4.47 Å². The van der Waals surface area contributed by atoms with Gasteiger partial charge in [0.05, 0.1) is 5.69 Å². The smallest absolute Gasteiger partial charge is 0.246 e. The lowest BCUT2D eigenvalue weighted by molar-refractivity contribution is -0.116. The van der Waals surface area contributed by atoms with E-state index in [4.69, 9.17) is 5.73 Å². The summed E-state index contributed by atoms with van der Waals surface area (Å²) in [6.07, 6.45) is 1.42. The summed E-state index contributed by atoms with van der Waals surface area (Å²) in [5.41, 5.74) is 7.15. The fourth-order valence-corrected chi connectivity index (χ4v) is 1.83. The minimum Gasteiger partial charge on any atom is -0.367 e. The Morgan fingerprint density at radius 2 is 2.33 bits per heavy atom. The van der Waals surface area contributed by atoms with E-state index in [-0.39, 0.29) is 18.4 Å². The molecule has 6 nitrogen and oxygen atoms in total. The number of carbonyl (C=O) groups excluding carboxylic acids is 1. The van der Waals surface area contributed by atoms with E-state index >= 15 is 0 Å². The standard InChI is InChI=1S/C11H12BrN5O/c1-7-3-2-4-8(10(7)12)15-9(18)5-17-6-14-11(13)16-17/h2-4,6H,5H2,1H3,(H2,13,16)(H,15,18). The number of nitrogen functional groups attached to an aromatic ring is 1. The Bertz CT molecular complexity index is 581. The number of aromatic nitrogens is 3. The zero-order valence-corrected chi connectivity index (χ0v) is 11.3. The average Bonchev–Trinajstić information content (AvgIpc) is 2.70. The molecule has 94 valence electrons. The summed E-state index contributed by atoms with van der Waals surface area (Å²) >= 11 is 3.43. The molecule has 2 rings (SSSR count). The monoisotopic (exact) mass is 309 g/mol. The third-order valence-corrected chi connectivity index (χ3v) is 3.38. The van der Waals surface area contributed by atoms with Gasteiger partial charge < -0.3 is 11.1 Å². The molecule has 0 bridgehead atoms. The maximum Gasteiger partial charge on any atom is 0.246 e. The lowest BCUT2D eigenvalue weighted by Crippen LogP contribution is -2.19. The number of nitrogens with one attached hydrogen (secondary N) is 1. The number of hydrogen-bond acceptors (Lipinski definition) is 4. The number of amides is 1. The van der Waals surface area contributed by atoms with Crippen LogP contribution in [0.2, 0.25) is 0 Å². The number of rotatable bonds is 3. The van der Waals surface area contributed by atoms with E-state index in [0.717, 1.165) is 15.7 Å². The Labute approximate surface area is 112 Å². The van der Waals surface area contributed by atoms with Crippen LogP contribution in [0.3, 0.4) is 0 Å². The van der Waals surface area contributed by atoms with Gasteiger partial charge in [-0.1, -0.05) is 12.1 Å². The molecule has 0 fully saturated rings. The molecule has 1 heterocycles. The first-order valence-corrected chi connectivity index (χ1v) is 6.05. The Kier molecular flexibility index (Phi) is 3.61. The van der Waals surface area contributed by atoms with Crippen LogP contribution in [0.15, 0.2) is 29.0 Å². The molecule has 0 aliphatic rings. The Balaban J connectivity index is 2.05. The van der Waals surface area contributed by atoms with E-state index in [1.807, 2.05) is 25.1 Å². The number of aryl methyl sites for hydroxylation is 1. The number of halogens is 1. The van der Waals surface area contributed by atoms with Crippen molar-refractivity contribution >= 4 is 33.5 Å². The van der Waals surface area contributed by atoms with Crippen LogP contribution in [0.4, 0.5) is 11.6 Å². The minimum atomic E-state index is -0.189. The number of benzene rings is 1. The zero-order chi connectivity index (χ0) is 13.1. The van der Waals surface area contributed by atoms with Crippen LogP contribution in [0.5, 0.6) is 0 Å². The normalized spacial score (nSPS) is 10.3. The van der Waals surface area contributed by atoms with Gasteiger partial charge in [-0.15, -0.1) is 5.10 Å². The summed E-state index contributed by atoms with van der Waals surface area (Å²) in [4.78, 5) is 15.5. The molecule has 7 heteroatoms. The maximum absolute atomic E-state index is 11.8. The van der Waals surface area contributed by atoms with Crippen molar-refractivity contribution in [1.82, 2.24) is 14.8 Å². The molecule has 0 aliphatic heterocycles. The molecular formula is C11H12BrN5O. The SMILES string of the molecule is Cc1cccc(NC(=O)Cn2cnc(N)n2)c1Br. The van der Waals surface area contributed by atoms with Crippen LogP contribution in [0.25, 0.3) is 0 Å². The van der Waals surface area contributed by atoms with Crippen LogP contribution in [-0.2, 0) is 11.3 Å². The van der Waals surface area contributed by atoms with Crippen molar-refractivity contribution in [1.29, 1.82) is 0 Å². The topological polar surface area (TPSA) is 85.8 Å². The molecule has 18 heavy (non-hydrogen) atoms. The van der Waals surface area contributed by atoms with E-state index in [1.165, 1.54) is 11.0 Å². The van der Waals surface area contributed by atoms with Gasteiger partial charge in [0.15, 0.2) is 0 Å². The van der Waals surface area contributed by atoms with Crippen molar-refractivity contribution in [2.75, 3.05) is 11.1 Å². The Morgan fingerprint density at radius 1 is 1.56 bits per heavy atom. The van der Waals surface area contributed by atoms with Crippen LogP contribution in [-0.4, -0.2) is 20.7 Å². The molecule has 2 aromatic rings. The largest absolute Gasteiger partial charge is 0.367 e. The summed E-state index contributed by atoms with van der Waals surface area (Å²) in [7, 11) is 0. The Hall–Kier alpha value is -1.89. The fraction of sp³-hybridized carbons (Fsp3) is 0.182. The average molecular weight is 310 g/mol. The van der Waals surface area contributed by atoms with Gasteiger partial charge in [-0.2, -0.15) is 0 Å². The van der Waals surface area contributed by atoms with Gasteiger partial charge in [0.25, 0.3) is 0 Å². The van der Waals surface area contributed by atoms with Gasteiger partial charge >= 0.3 is 0 Å². The van der Waals surface area contributed by atoms with E-state index < -0.39 is 0 Å². The zero-order valence-electron chi connectivity index (χ0n) is 9.72. The van der Waals surface area contributed by atoms with Gasteiger partial charge in [0.2, 0.25) is 11.9 Å². The number of nitrogens with two attached hydrogens (primary N) is 1. The van der Waals surface area contributed by atoms with E-state index in [2.05, 4.69) is 31.3 Å². The quantitative estimate of drug-likeness (QED) is 0.901. The van der Waals surface area contributed by atoms with Crippen LogP contribution < -0.4 is 11.1 Å². The van der Waals surface area contributed by atoms with Gasteiger partial charge in [0.1, 0.15) is 12.9 Å². The van der Waals surface area contributed by atoms with E-state index in [0.29, 0.717) is 0 Å². The summed E-state index contributed by atoms with van der Waals surface area (Å²) < 4.78 is 2.26. The van der Waals surface area contributed by atoms with Crippen molar-refractivity contribution in [3.8, 4) is 0 Å². The highest BCUT2D eigenvalue weighted by molar-refractivity contribution is 9.10. The number of carbonyl (C=O) groups is 1. The second-order valence-corrected chi connectivity index (χ2v) is 4.58. The fourth-order valence-electron chi connectivity index (χ4n) is 1.47. The van der Waals surface area contributed by atoms with Gasteiger partial charge in [-0.25, -0.2) is 9.67 Å². The molecule has 0 unspecified atom stereocenters. The van der Waals surface area contributed by atoms with Crippen LogP contribution in [0, 0.1) is 6.92 Å². The molecule has 0 spiro atoms. The second-order valence-electron chi connectivity index (χ2n) is 3.78. The highest BCUT2D eigenvalue weighted by Crippen LogP contribution is 2.25. The lowest BCUT2D eigenvalue weighted by atomic mass is 10.2. The molecule has 3 N–H and O–H groups in total. The first kappa shape index (κ1) is 12.6. The van der Waals surface area contributed by atoms with Crippen molar-refractivity contribution in [3.05, 3.63) is 34.6 Å². The lowest BCUT2D eigenvalue weighted by Gasteiger charge is -2.08.